The standard InChI is InChI=1S/C21H22N4O/c26-21(20-22-16-25(23-20)19-9-5-2-6-10-19)24-13-11-18(12-14-24)15-17-7-3-1-4-8-17/h1-10,16,18H,11-15H2. The molecule has 0 N–H and O–H groups in total. The molecule has 0 saturated carbocycles. The van der Waals surface area contributed by atoms with Gasteiger partial charge in [-0.15, -0.1) is 5.10 Å². The van der Waals surface area contributed by atoms with Gasteiger partial charge in [0.25, 0.3) is 5.91 Å². The number of amides is 1. The Kier molecular flexibility index (Phi) is 4.78. The second-order valence-electron chi connectivity index (χ2n) is 6.77. The van der Waals surface area contributed by atoms with Gasteiger partial charge in [-0.25, -0.2) is 9.67 Å². The number of nitrogens with zero attached hydrogens (tertiary/aromatic N) is 4. The summed E-state index contributed by atoms with van der Waals surface area (Å²) >= 11 is 0. The summed E-state index contributed by atoms with van der Waals surface area (Å²) in [5.41, 5.74) is 2.28. The molecule has 1 fully saturated rings. The van der Waals surface area contributed by atoms with Crippen LogP contribution in [0.25, 0.3) is 5.69 Å². The molecule has 5 nitrogen and oxygen atoms in total. The molecule has 0 radical (unpaired) electrons. The van der Waals surface area contributed by atoms with Crippen molar-refractivity contribution in [2.24, 2.45) is 5.92 Å². The molecular weight excluding hydrogens is 324 g/mol. The largest absolute Gasteiger partial charge is 0.336 e. The highest BCUT2D eigenvalue weighted by Crippen LogP contribution is 2.22. The Morgan fingerprint density at radius 2 is 1.62 bits per heavy atom. The number of aromatic nitrogens is 3. The molecule has 3 aromatic rings. The number of carbonyl (C=O) groups excluding carboxylic acids is 1. The van der Waals surface area contributed by atoms with Crippen LogP contribution < -0.4 is 0 Å². The first-order valence-electron chi connectivity index (χ1n) is 9.10. The summed E-state index contributed by atoms with van der Waals surface area (Å²) < 4.78 is 1.65. The summed E-state index contributed by atoms with van der Waals surface area (Å²) in [5.74, 6) is 0.837. The lowest BCUT2D eigenvalue weighted by Gasteiger charge is -2.31. The molecule has 26 heavy (non-hydrogen) atoms. The Labute approximate surface area is 153 Å². The minimum Gasteiger partial charge on any atom is -0.336 e. The van der Waals surface area contributed by atoms with Gasteiger partial charge in [-0.1, -0.05) is 48.5 Å². The van der Waals surface area contributed by atoms with Crippen LogP contribution in [-0.4, -0.2) is 38.7 Å². The van der Waals surface area contributed by atoms with E-state index in [1.165, 1.54) is 5.56 Å². The fourth-order valence-electron chi connectivity index (χ4n) is 3.50. The predicted octanol–water partition coefficient (Wildman–Crippen LogP) is 3.36. The molecule has 1 aliphatic heterocycles. The van der Waals surface area contributed by atoms with Gasteiger partial charge in [0.1, 0.15) is 6.33 Å². The number of hydrogen-bond acceptors (Lipinski definition) is 3. The third-order valence-corrected chi connectivity index (χ3v) is 4.97. The minimum atomic E-state index is -0.0714. The van der Waals surface area contributed by atoms with Crippen molar-refractivity contribution >= 4 is 5.91 Å². The number of likely N-dealkylation sites (tertiary alicyclic amines) is 1. The van der Waals surface area contributed by atoms with Gasteiger partial charge in [0.05, 0.1) is 5.69 Å². The van der Waals surface area contributed by atoms with Crippen LogP contribution in [0.5, 0.6) is 0 Å². The summed E-state index contributed by atoms with van der Waals surface area (Å²) in [6.45, 7) is 1.55. The summed E-state index contributed by atoms with van der Waals surface area (Å²) in [5, 5.41) is 4.36. The fourth-order valence-corrected chi connectivity index (χ4v) is 3.50. The predicted molar refractivity (Wildman–Crippen MR) is 100 cm³/mol. The van der Waals surface area contributed by atoms with Crippen LogP contribution in [0.1, 0.15) is 29.0 Å². The highest BCUT2D eigenvalue weighted by atomic mass is 16.2. The maximum absolute atomic E-state index is 12.7. The van der Waals surface area contributed by atoms with Gasteiger partial charge in [-0.2, -0.15) is 0 Å². The zero-order valence-electron chi connectivity index (χ0n) is 14.7. The maximum atomic E-state index is 12.7. The van der Waals surface area contributed by atoms with Crippen molar-refractivity contribution in [2.75, 3.05) is 13.1 Å². The van der Waals surface area contributed by atoms with E-state index in [1.54, 1.807) is 11.0 Å². The van der Waals surface area contributed by atoms with Gasteiger partial charge < -0.3 is 4.90 Å². The maximum Gasteiger partial charge on any atom is 0.293 e. The quantitative estimate of drug-likeness (QED) is 0.728. The second kappa shape index (κ2) is 7.52. The number of para-hydroxylation sites is 1. The van der Waals surface area contributed by atoms with E-state index in [9.17, 15) is 4.79 Å². The number of benzene rings is 2. The lowest BCUT2D eigenvalue weighted by molar-refractivity contribution is 0.0678. The Bertz CT molecular complexity index is 852. The molecule has 5 heteroatoms. The third-order valence-electron chi connectivity index (χ3n) is 4.97. The Balaban J connectivity index is 1.36. The Morgan fingerprint density at radius 1 is 0.962 bits per heavy atom. The summed E-state index contributed by atoms with van der Waals surface area (Å²) in [4.78, 5) is 18.8. The topological polar surface area (TPSA) is 51.0 Å². The van der Waals surface area contributed by atoms with Crippen molar-refractivity contribution in [3.05, 3.63) is 78.4 Å². The summed E-state index contributed by atoms with van der Waals surface area (Å²) in [6, 6.07) is 20.3. The van der Waals surface area contributed by atoms with Crippen molar-refractivity contribution in [2.45, 2.75) is 19.3 Å². The molecule has 0 spiro atoms. The van der Waals surface area contributed by atoms with E-state index in [2.05, 4.69) is 34.3 Å². The average molecular weight is 346 g/mol. The first-order chi connectivity index (χ1) is 12.8. The highest BCUT2D eigenvalue weighted by Gasteiger charge is 2.26. The normalized spacial score (nSPS) is 15.2. The number of hydrogen-bond donors (Lipinski definition) is 0. The van der Waals surface area contributed by atoms with Crippen molar-refractivity contribution in [1.82, 2.24) is 19.7 Å². The van der Waals surface area contributed by atoms with Crippen LogP contribution in [-0.2, 0) is 6.42 Å². The molecule has 1 amide bonds. The van der Waals surface area contributed by atoms with Crippen molar-refractivity contribution in [3.63, 3.8) is 0 Å². The first kappa shape index (κ1) is 16.5. The monoisotopic (exact) mass is 346 g/mol. The second-order valence-corrected chi connectivity index (χ2v) is 6.77. The van der Waals surface area contributed by atoms with Gasteiger partial charge in [0.15, 0.2) is 0 Å². The van der Waals surface area contributed by atoms with Gasteiger partial charge >= 0.3 is 0 Å². The molecule has 1 aliphatic rings. The Hall–Kier alpha value is -2.95. The van der Waals surface area contributed by atoms with Gasteiger partial charge in [0.2, 0.25) is 5.82 Å². The zero-order valence-corrected chi connectivity index (χ0v) is 14.7. The van der Waals surface area contributed by atoms with Crippen molar-refractivity contribution in [3.8, 4) is 5.69 Å². The molecule has 0 aliphatic carbocycles. The van der Waals surface area contributed by atoms with Crippen LogP contribution >= 0.6 is 0 Å². The zero-order chi connectivity index (χ0) is 17.8. The number of piperidine rings is 1. The van der Waals surface area contributed by atoms with E-state index in [-0.39, 0.29) is 11.7 Å². The highest BCUT2D eigenvalue weighted by molar-refractivity contribution is 5.90. The number of carbonyl (C=O) groups is 1. The van der Waals surface area contributed by atoms with Crippen molar-refractivity contribution < 1.29 is 4.79 Å². The first-order valence-corrected chi connectivity index (χ1v) is 9.10. The molecule has 2 aromatic carbocycles. The molecule has 0 bridgehead atoms. The lowest BCUT2D eigenvalue weighted by atomic mass is 9.90. The van der Waals surface area contributed by atoms with Gasteiger partial charge in [-0.3, -0.25) is 4.79 Å². The molecule has 0 atom stereocenters. The summed E-state index contributed by atoms with van der Waals surface area (Å²) in [6.07, 6.45) is 4.74. The van der Waals surface area contributed by atoms with E-state index in [0.717, 1.165) is 38.0 Å². The molecule has 4 rings (SSSR count). The molecule has 1 saturated heterocycles. The van der Waals surface area contributed by atoms with E-state index < -0.39 is 0 Å². The van der Waals surface area contributed by atoms with Crippen molar-refractivity contribution in [1.29, 1.82) is 0 Å². The van der Waals surface area contributed by atoms with E-state index >= 15 is 0 Å². The minimum absolute atomic E-state index is 0.0714. The smallest absolute Gasteiger partial charge is 0.293 e. The van der Waals surface area contributed by atoms with E-state index in [0.29, 0.717) is 5.92 Å². The molecule has 2 heterocycles. The van der Waals surface area contributed by atoms with E-state index in [1.807, 2.05) is 41.3 Å². The molecule has 132 valence electrons. The Morgan fingerprint density at radius 3 is 2.31 bits per heavy atom. The van der Waals surface area contributed by atoms with Gasteiger partial charge in [0, 0.05) is 13.1 Å². The van der Waals surface area contributed by atoms with Crippen LogP contribution in [0.4, 0.5) is 0 Å². The van der Waals surface area contributed by atoms with E-state index in [4.69, 9.17) is 0 Å². The van der Waals surface area contributed by atoms with Gasteiger partial charge in [-0.05, 0) is 42.9 Å². The molecular formula is C21H22N4O. The fraction of sp³-hybridized carbons (Fsp3) is 0.286. The van der Waals surface area contributed by atoms with Crippen LogP contribution in [0.2, 0.25) is 0 Å². The summed E-state index contributed by atoms with van der Waals surface area (Å²) in [7, 11) is 0. The average Bonchev–Trinajstić information content (AvgIpc) is 3.20. The SMILES string of the molecule is O=C(c1ncn(-c2ccccc2)n1)N1CCC(Cc2ccccc2)CC1. The van der Waals surface area contributed by atoms with Crippen LogP contribution in [0.15, 0.2) is 67.0 Å². The molecule has 0 unspecified atom stereocenters. The number of rotatable bonds is 4. The van der Waals surface area contributed by atoms with Crippen LogP contribution in [0.3, 0.4) is 0 Å². The third kappa shape index (κ3) is 3.67. The lowest BCUT2D eigenvalue weighted by Crippen LogP contribution is -2.39. The van der Waals surface area contributed by atoms with Crippen LogP contribution in [0, 0.1) is 5.92 Å². The molecule has 1 aromatic heterocycles.